The molecule has 1 aromatic heterocycles. The van der Waals surface area contributed by atoms with Crippen LogP contribution in [0.2, 0.25) is 0 Å². The highest BCUT2D eigenvalue weighted by Gasteiger charge is 2.39. The average molecular weight is 285 g/mol. The lowest BCUT2D eigenvalue weighted by Gasteiger charge is -2.17. The van der Waals surface area contributed by atoms with Gasteiger partial charge in [0.15, 0.2) is 0 Å². The largest absolute Gasteiger partial charge is 0.481 e. The van der Waals surface area contributed by atoms with Gasteiger partial charge in [0.2, 0.25) is 5.88 Å². The Morgan fingerprint density at radius 2 is 2.13 bits per heavy atom. The first-order valence-electron chi connectivity index (χ1n) is 3.88. The number of nitrogens with zero attached hydrogens (tertiary/aromatic N) is 1. The second-order valence-electron chi connectivity index (χ2n) is 2.77. The zero-order valence-electron chi connectivity index (χ0n) is 7.68. The van der Waals surface area contributed by atoms with Gasteiger partial charge in [0.05, 0.1) is 7.11 Å². The van der Waals surface area contributed by atoms with E-state index in [1.54, 1.807) is 0 Å². The quantitative estimate of drug-likeness (QED) is 0.907. The number of hydrogen-bond acceptors (Lipinski definition) is 3. The van der Waals surface area contributed by atoms with E-state index in [0.717, 1.165) is 0 Å². The van der Waals surface area contributed by atoms with Crippen molar-refractivity contribution in [3.05, 3.63) is 22.3 Å². The highest BCUT2D eigenvalue weighted by atomic mass is 79.9. The second-order valence-corrected chi connectivity index (χ2v) is 3.69. The molecule has 0 bridgehead atoms. The van der Waals surface area contributed by atoms with Crippen LogP contribution in [0.25, 0.3) is 0 Å². The van der Waals surface area contributed by atoms with Crippen molar-refractivity contribution >= 4 is 15.9 Å². The van der Waals surface area contributed by atoms with Crippen molar-refractivity contribution in [2.24, 2.45) is 5.73 Å². The topological polar surface area (TPSA) is 48.1 Å². The van der Waals surface area contributed by atoms with Gasteiger partial charge in [0.25, 0.3) is 0 Å². The van der Waals surface area contributed by atoms with Crippen LogP contribution in [-0.4, -0.2) is 18.3 Å². The molecule has 0 aliphatic heterocycles. The SMILES string of the molecule is COc1ncc(Br)cc1C(N)C(F)(F)F. The molecule has 1 unspecified atom stereocenters. The standard InChI is InChI=1S/C8H8BrF3N2O/c1-15-7-5(2-4(9)3-14-7)6(13)8(10,11)12/h2-3,6H,13H2,1H3. The van der Waals surface area contributed by atoms with Gasteiger partial charge < -0.3 is 10.5 Å². The lowest BCUT2D eigenvalue weighted by atomic mass is 10.1. The molecule has 0 saturated carbocycles. The Bertz CT molecular complexity index is 356. The van der Waals surface area contributed by atoms with Crippen molar-refractivity contribution in [1.82, 2.24) is 4.98 Å². The lowest BCUT2D eigenvalue weighted by Crippen LogP contribution is -2.29. The van der Waals surface area contributed by atoms with Gasteiger partial charge in [-0.2, -0.15) is 13.2 Å². The summed E-state index contributed by atoms with van der Waals surface area (Å²) in [5, 5.41) is 0. The van der Waals surface area contributed by atoms with Gasteiger partial charge in [-0.15, -0.1) is 0 Å². The zero-order chi connectivity index (χ0) is 11.6. The van der Waals surface area contributed by atoms with Crippen molar-refractivity contribution in [1.29, 1.82) is 0 Å². The second kappa shape index (κ2) is 4.36. The van der Waals surface area contributed by atoms with Crippen molar-refractivity contribution in [2.45, 2.75) is 12.2 Å². The number of methoxy groups -OCH3 is 1. The number of hydrogen-bond donors (Lipinski definition) is 1. The Hall–Kier alpha value is -0.820. The van der Waals surface area contributed by atoms with Crippen LogP contribution in [-0.2, 0) is 0 Å². The molecule has 84 valence electrons. The fourth-order valence-electron chi connectivity index (χ4n) is 1.01. The van der Waals surface area contributed by atoms with E-state index in [-0.39, 0.29) is 11.4 Å². The molecule has 2 N–H and O–H groups in total. The van der Waals surface area contributed by atoms with E-state index in [0.29, 0.717) is 4.47 Å². The van der Waals surface area contributed by atoms with E-state index in [9.17, 15) is 13.2 Å². The molecule has 1 heterocycles. The van der Waals surface area contributed by atoms with Gasteiger partial charge in [0, 0.05) is 16.2 Å². The highest BCUT2D eigenvalue weighted by Crippen LogP contribution is 2.35. The molecule has 0 saturated heterocycles. The number of ether oxygens (including phenoxy) is 1. The average Bonchev–Trinajstić information content (AvgIpc) is 2.15. The molecule has 15 heavy (non-hydrogen) atoms. The number of aromatic nitrogens is 1. The fourth-order valence-corrected chi connectivity index (χ4v) is 1.36. The number of halogens is 4. The first kappa shape index (κ1) is 12.3. The molecule has 0 aromatic carbocycles. The predicted octanol–water partition coefficient (Wildman–Crippen LogP) is 2.41. The maximum atomic E-state index is 12.4. The van der Waals surface area contributed by atoms with Crippen LogP contribution in [0, 0.1) is 0 Å². The Kier molecular flexibility index (Phi) is 3.56. The third kappa shape index (κ3) is 2.82. The summed E-state index contributed by atoms with van der Waals surface area (Å²) in [6.45, 7) is 0. The fraction of sp³-hybridized carbons (Fsp3) is 0.375. The molecular weight excluding hydrogens is 277 g/mol. The summed E-state index contributed by atoms with van der Waals surface area (Å²) < 4.78 is 42.2. The van der Waals surface area contributed by atoms with Crippen LogP contribution >= 0.6 is 15.9 Å². The molecule has 0 aliphatic carbocycles. The van der Waals surface area contributed by atoms with Crippen LogP contribution in [0.4, 0.5) is 13.2 Å². The molecule has 0 amide bonds. The van der Waals surface area contributed by atoms with E-state index in [4.69, 9.17) is 10.5 Å². The molecule has 1 aromatic rings. The Morgan fingerprint density at radius 3 is 2.60 bits per heavy atom. The van der Waals surface area contributed by atoms with Crippen molar-refractivity contribution in [2.75, 3.05) is 7.11 Å². The molecular formula is C8H8BrF3N2O. The van der Waals surface area contributed by atoms with Crippen molar-refractivity contribution in [3.63, 3.8) is 0 Å². The number of nitrogens with two attached hydrogens (primary N) is 1. The molecule has 0 radical (unpaired) electrons. The number of rotatable bonds is 2. The minimum atomic E-state index is -4.52. The smallest absolute Gasteiger partial charge is 0.407 e. The maximum Gasteiger partial charge on any atom is 0.407 e. The third-order valence-electron chi connectivity index (χ3n) is 1.73. The first-order valence-corrected chi connectivity index (χ1v) is 4.67. The van der Waals surface area contributed by atoms with Crippen LogP contribution in [0.15, 0.2) is 16.7 Å². The van der Waals surface area contributed by atoms with Gasteiger partial charge in [-0.3, -0.25) is 0 Å². The summed E-state index contributed by atoms with van der Waals surface area (Å²) in [5.74, 6) is -0.122. The summed E-state index contributed by atoms with van der Waals surface area (Å²) >= 11 is 3.02. The van der Waals surface area contributed by atoms with Crippen molar-refractivity contribution < 1.29 is 17.9 Å². The third-order valence-corrected chi connectivity index (χ3v) is 2.16. The summed E-state index contributed by atoms with van der Waals surface area (Å²) in [4.78, 5) is 3.68. The van der Waals surface area contributed by atoms with Crippen LogP contribution in [0.5, 0.6) is 5.88 Å². The molecule has 0 fully saturated rings. The molecule has 7 heteroatoms. The van der Waals surface area contributed by atoms with E-state index in [2.05, 4.69) is 20.9 Å². The summed E-state index contributed by atoms with van der Waals surface area (Å²) in [6, 6.07) is -0.860. The van der Waals surface area contributed by atoms with E-state index < -0.39 is 12.2 Å². The van der Waals surface area contributed by atoms with Gasteiger partial charge in [-0.25, -0.2) is 4.98 Å². The molecule has 0 spiro atoms. The lowest BCUT2D eigenvalue weighted by molar-refractivity contribution is -0.149. The monoisotopic (exact) mass is 284 g/mol. The zero-order valence-corrected chi connectivity index (χ0v) is 9.26. The first-order chi connectivity index (χ1) is 6.86. The molecule has 0 aliphatic rings. The Labute approximate surface area is 92.6 Å². The minimum absolute atomic E-state index is 0.122. The van der Waals surface area contributed by atoms with Crippen molar-refractivity contribution in [3.8, 4) is 5.88 Å². The van der Waals surface area contributed by atoms with E-state index >= 15 is 0 Å². The van der Waals surface area contributed by atoms with Gasteiger partial charge in [0.1, 0.15) is 6.04 Å². The maximum absolute atomic E-state index is 12.4. The molecule has 1 rings (SSSR count). The van der Waals surface area contributed by atoms with Gasteiger partial charge in [-0.05, 0) is 22.0 Å². The van der Waals surface area contributed by atoms with Crippen LogP contribution in [0.3, 0.4) is 0 Å². The Balaban J connectivity index is 3.17. The highest BCUT2D eigenvalue weighted by molar-refractivity contribution is 9.10. The van der Waals surface area contributed by atoms with Gasteiger partial charge in [-0.1, -0.05) is 0 Å². The number of pyridine rings is 1. The Morgan fingerprint density at radius 1 is 1.53 bits per heavy atom. The predicted molar refractivity (Wildman–Crippen MR) is 51.5 cm³/mol. The van der Waals surface area contributed by atoms with E-state index in [1.807, 2.05) is 0 Å². The van der Waals surface area contributed by atoms with Gasteiger partial charge >= 0.3 is 6.18 Å². The minimum Gasteiger partial charge on any atom is -0.481 e. The summed E-state index contributed by atoms with van der Waals surface area (Å²) in [5.41, 5.74) is 4.86. The summed E-state index contributed by atoms with van der Waals surface area (Å²) in [6.07, 6.45) is -3.18. The van der Waals surface area contributed by atoms with Crippen LogP contribution < -0.4 is 10.5 Å². The van der Waals surface area contributed by atoms with Crippen LogP contribution in [0.1, 0.15) is 11.6 Å². The summed E-state index contributed by atoms with van der Waals surface area (Å²) in [7, 11) is 1.24. The van der Waals surface area contributed by atoms with E-state index in [1.165, 1.54) is 19.4 Å². The molecule has 3 nitrogen and oxygen atoms in total. The number of alkyl halides is 3. The normalized spacial score (nSPS) is 13.7. The molecule has 1 atom stereocenters.